The van der Waals surface area contributed by atoms with Gasteiger partial charge in [0, 0.05) is 12.1 Å². The molecule has 10 heavy (non-hydrogen) atoms. The van der Waals surface area contributed by atoms with Crippen LogP contribution in [0.15, 0.2) is 23.8 Å². The zero-order chi connectivity index (χ0) is 7.82. The van der Waals surface area contributed by atoms with Crippen LogP contribution in [0.1, 0.15) is 6.92 Å². The molecule has 2 heteroatoms. The van der Waals surface area contributed by atoms with Crippen molar-refractivity contribution in [3.8, 4) is 6.07 Å². The van der Waals surface area contributed by atoms with E-state index in [9.17, 15) is 0 Å². The predicted molar refractivity (Wildman–Crippen MR) is 42.4 cm³/mol. The van der Waals surface area contributed by atoms with E-state index >= 15 is 0 Å². The standard InChI is InChI=1S/C8H12N2/c1-3-4-5-8(6-9)7-10-2/h3-5,10H,7H2,1-2H3. The van der Waals surface area contributed by atoms with Crippen LogP contribution in [0.3, 0.4) is 0 Å². The minimum absolute atomic E-state index is 0.640. The van der Waals surface area contributed by atoms with Gasteiger partial charge in [0.05, 0.1) is 6.07 Å². The van der Waals surface area contributed by atoms with E-state index < -0.39 is 0 Å². The largest absolute Gasteiger partial charge is 0.315 e. The Balaban J connectivity index is 3.94. The molecule has 0 aromatic rings. The Bertz CT molecular complexity index is 172. The molecule has 0 aromatic carbocycles. The number of nitrogens with one attached hydrogen (secondary N) is 1. The lowest BCUT2D eigenvalue weighted by Gasteiger charge is -1.91. The number of likely N-dealkylation sites (N-methyl/N-ethyl adjacent to an activating group) is 1. The van der Waals surface area contributed by atoms with Gasteiger partial charge in [0.25, 0.3) is 0 Å². The molecule has 1 N–H and O–H groups in total. The van der Waals surface area contributed by atoms with E-state index in [2.05, 4.69) is 11.4 Å². The van der Waals surface area contributed by atoms with E-state index in [0.29, 0.717) is 6.54 Å². The van der Waals surface area contributed by atoms with Crippen LogP contribution in [-0.4, -0.2) is 13.6 Å². The normalized spacial score (nSPS) is 11.9. The highest BCUT2D eigenvalue weighted by molar-refractivity contribution is 5.26. The van der Waals surface area contributed by atoms with Crippen LogP contribution in [0.25, 0.3) is 0 Å². The number of nitrogens with zero attached hydrogens (tertiary/aromatic N) is 1. The zero-order valence-corrected chi connectivity index (χ0v) is 6.39. The summed E-state index contributed by atoms with van der Waals surface area (Å²) < 4.78 is 0. The van der Waals surface area contributed by atoms with Gasteiger partial charge in [-0.25, -0.2) is 0 Å². The molecule has 0 aliphatic rings. The Hall–Kier alpha value is -1.07. The lowest BCUT2D eigenvalue weighted by molar-refractivity contribution is 0.898. The van der Waals surface area contributed by atoms with E-state index in [4.69, 9.17) is 5.26 Å². The molecule has 0 unspecified atom stereocenters. The second-order valence-corrected chi connectivity index (χ2v) is 1.86. The summed E-state index contributed by atoms with van der Waals surface area (Å²) in [5, 5.41) is 11.4. The average Bonchev–Trinajstić information content (AvgIpc) is 1.98. The van der Waals surface area contributed by atoms with Gasteiger partial charge in [0.1, 0.15) is 0 Å². The fraction of sp³-hybridized carbons (Fsp3) is 0.375. The van der Waals surface area contributed by atoms with Crippen molar-refractivity contribution in [2.45, 2.75) is 6.92 Å². The lowest BCUT2D eigenvalue weighted by atomic mass is 10.2. The molecule has 0 saturated heterocycles. The van der Waals surface area contributed by atoms with Crippen molar-refractivity contribution < 1.29 is 0 Å². The van der Waals surface area contributed by atoms with E-state index in [1.54, 1.807) is 6.08 Å². The molecule has 0 aliphatic carbocycles. The Morgan fingerprint density at radius 1 is 1.70 bits per heavy atom. The molecule has 0 fully saturated rings. The van der Waals surface area contributed by atoms with Gasteiger partial charge >= 0.3 is 0 Å². The Kier molecular flexibility index (Phi) is 5.41. The van der Waals surface area contributed by atoms with Crippen molar-refractivity contribution in [3.05, 3.63) is 23.8 Å². The Morgan fingerprint density at radius 3 is 2.80 bits per heavy atom. The summed E-state index contributed by atoms with van der Waals surface area (Å²) in [6, 6.07) is 2.09. The SMILES string of the molecule is CC=CC=C(C#N)CNC. The van der Waals surface area contributed by atoms with Crippen molar-refractivity contribution >= 4 is 0 Å². The minimum atomic E-state index is 0.640. The molecule has 0 aromatic heterocycles. The van der Waals surface area contributed by atoms with Crippen molar-refractivity contribution in [3.63, 3.8) is 0 Å². The van der Waals surface area contributed by atoms with Gasteiger partial charge < -0.3 is 5.32 Å². The van der Waals surface area contributed by atoms with Crippen LogP contribution in [0.2, 0.25) is 0 Å². The number of rotatable bonds is 3. The molecule has 0 aliphatic heterocycles. The molecule has 0 saturated carbocycles. The van der Waals surface area contributed by atoms with Gasteiger partial charge in [-0.2, -0.15) is 5.26 Å². The summed E-state index contributed by atoms with van der Waals surface area (Å²) in [4.78, 5) is 0. The highest BCUT2D eigenvalue weighted by Crippen LogP contribution is 1.89. The smallest absolute Gasteiger partial charge is 0.0960 e. The van der Waals surface area contributed by atoms with Crippen molar-refractivity contribution in [1.82, 2.24) is 5.32 Å². The van der Waals surface area contributed by atoms with Crippen LogP contribution in [0.5, 0.6) is 0 Å². The molecular weight excluding hydrogens is 124 g/mol. The second-order valence-electron chi connectivity index (χ2n) is 1.86. The first kappa shape index (κ1) is 8.93. The third-order valence-corrected chi connectivity index (χ3v) is 1.00. The number of hydrogen-bond acceptors (Lipinski definition) is 2. The first-order valence-corrected chi connectivity index (χ1v) is 3.21. The maximum Gasteiger partial charge on any atom is 0.0960 e. The molecule has 2 nitrogen and oxygen atoms in total. The summed E-state index contributed by atoms with van der Waals surface area (Å²) >= 11 is 0. The molecule has 0 atom stereocenters. The summed E-state index contributed by atoms with van der Waals surface area (Å²) in [5.41, 5.74) is 0.751. The van der Waals surface area contributed by atoms with E-state index in [-0.39, 0.29) is 0 Å². The second kappa shape index (κ2) is 6.06. The van der Waals surface area contributed by atoms with Crippen molar-refractivity contribution in [2.24, 2.45) is 0 Å². The maximum absolute atomic E-state index is 8.49. The predicted octanol–water partition coefficient (Wildman–Crippen LogP) is 1.23. The summed E-state index contributed by atoms with van der Waals surface area (Å²) in [7, 11) is 1.82. The lowest BCUT2D eigenvalue weighted by Crippen LogP contribution is -2.08. The fourth-order valence-corrected chi connectivity index (χ4v) is 0.539. The molecule has 54 valence electrons. The molecular formula is C8H12N2. The zero-order valence-electron chi connectivity index (χ0n) is 6.39. The van der Waals surface area contributed by atoms with Gasteiger partial charge in [-0.1, -0.05) is 12.2 Å². The first-order chi connectivity index (χ1) is 4.85. The summed E-state index contributed by atoms with van der Waals surface area (Å²) in [5.74, 6) is 0. The fourth-order valence-electron chi connectivity index (χ4n) is 0.539. The number of hydrogen-bond donors (Lipinski definition) is 1. The van der Waals surface area contributed by atoms with Gasteiger partial charge in [-0.3, -0.25) is 0 Å². The quantitative estimate of drug-likeness (QED) is 0.468. The Labute approximate surface area is 61.9 Å². The van der Waals surface area contributed by atoms with Crippen molar-refractivity contribution in [2.75, 3.05) is 13.6 Å². The highest BCUT2D eigenvalue weighted by atomic mass is 14.8. The van der Waals surface area contributed by atoms with Crippen molar-refractivity contribution in [1.29, 1.82) is 5.26 Å². The van der Waals surface area contributed by atoms with Crippen LogP contribution in [0, 0.1) is 11.3 Å². The Morgan fingerprint density at radius 2 is 2.40 bits per heavy atom. The monoisotopic (exact) mass is 136 g/mol. The molecule has 0 radical (unpaired) electrons. The molecule has 0 rings (SSSR count). The summed E-state index contributed by atoms with van der Waals surface area (Å²) in [6.45, 7) is 2.56. The first-order valence-electron chi connectivity index (χ1n) is 3.21. The van der Waals surface area contributed by atoms with E-state index in [0.717, 1.165) is 5.57 Å². The summed E-state index contributed by atoms with van der Waals surface area (Å²) in [6.07, 6.45) is 5.55. The van der Waals surface area contributed by atoms with Crippen LogP contribution < -0.4 is 5.32 Å². The van der Waals surface area contributed by atoms with E-state index in [1.165, 1.54) is 0 Å². The number of allylic oxidation sites excluding steroid dienone is 3. The van der Waals surface area contributed by atoms with Gasteiger partial charge in [0.2, 0.25) is 0 Å². The van der Waals surface area contributed by atoms with Crippen LogP contribution in [-0.2, 0) is 0 Å². The van der Waals surface area contributed by atoms with Gasteiger partial charge in [-0.05, 0) is 20.0 Å². The third-order valence-electron chi connectivity index (χ3n) is 1.00. The van der Waals surface area contributed by atoms with Gasteiger partial charge in [-0.15, -0.1) is 0 Å². The maximum atomic E-state index is 8.49. The topological polar surface area (TPSA) is 35.8 Å². The molecule has 0 bridgehead atoms. The molecule has 0 amide bonds. The van der Waals surface area contributed by atoms with Crippen LogP contribution in [0.4, 0.5) is 0 Å². The average molecular weight is 136 g/mol. The third kappa shape index (κ3) is 3.88. The van der Waals surface area contributed by atoms with Crippen LogP contribution >= 0.6 is 0 Å². The molecule has 0 heterocycles. The highest BCUT2D eigenvalue weighted by Gasteiger charge is 1.87. The van der Waals surface area contributed by atoms with Gasteiger partial charge in [0.15, 0.2) is 0 Å². The minimum Gasteiger partial charge on any atom is -0.315 e. The van der Waals surface area contributed by atoms with E-state index in [1.807, 2.05) is 26.1 Å². The molecule has 0 spiro atoms. The number of nitriles is 1.